The Labute approximate surface area is 121 Å². The van der Waals surface area contributed by atoms with Gasteiger partial charge in [-0.2, -0.15) is 13.2 Å². The van der Waals surface area contributed by atoms with Crippen LogP contribution in [0.2, 0.25) is 0 Å². The molecule has 0 bridgehead atoms. The van der Waals surface area contributed by atoms with E-state index in [1.807, 2.05) is 13.8 Å². The first-order valence-electron chi connectivity index (χ1n) is 6.60. The number of nitrogens with two attached hydrogens (primary N) is 1. The minimum absolute atomic E-state index is 0.00476. The summed E-state index contributed by atoms with van der Waals surface area (Å²) < 4.78 is 42.6. The maximum atomic E-state index is 12.5. The van der Waals surface area contributed by atoms with Crippen molar-refractivity contribution in [1.82, 2.24) is 0 Å². The molecule has 118 valence electrons. The van der Waals surface area contributed by atoms with E-state index >= 15 is 0 Å². The molecule has 0 saturated carbocycles. The highest BCUT2D eigenvalue weighted by molar-refractivity contribution is 5.84. The number of amides is 1. The van der Waals surface area contributed by atoms with Crippen molar-refractivity contribution < 1.29 is 22.7 Å². The molecule has 0 spiro atoms. The summed E-state index contributed by atoms with van der Waals surface area (Å²) in [5.41, 5.74) is 4.53. The number of benzene rings is 1. The van der Waals surface area contributed by atoms with Crippen molar-refractivity contribution in [2.24, 2.45) is 5.73 Å². The maximum absolute atomic E-state index is 12.5. The van der Waals surface area contributed by atoms with E-state index in [2.05, 4.69) is 5.32 Å². The van der Waals surface area contributed by atoms with Gasteiger partial charge in [0, 0.05) is 11.2 Å². The second kappa shape index (κ2) is 6.80. The van der Waals surface area contributed by atoms with Gasteiger partial charge in [-0.05, 0) is 31.0 Å². The van der Waals surface area contributed by atoms with Gasteiger partial charge in [-0.1, -0.05) is 19.9 Å². The standard InChI is InChI=1S/C14H19F3N2O2/c1-3-13(18,4-2)9-21-12(20)19-11-7-5-6-10(8-11)14(15,16)17/h5-8H,3-4,9,18H2,1-2H3,(H,19,20). The Balaban J connectivity index is 2.64. The van der Waals surface area contributed by atoms with E-state index in [-0.39, 0.29) is 12.3 Å². The van der Waals surface area contributed by atoms with Crippen molar-refractivity contribution in [1.29, 1.82) is 0 Å². The van der Waals surface area contributed by atoms with Gasteiger partial charge in [0.05, 0.1) is 5.56 Å². The Hall–Kier alpha value is -1.76. The molecular weight excluding hydrogens is 285 g/mol. The third-order valence-electron chi connectivity index (χ3n) is 3.34. The molecule has 1 aromatic rings. The number of anilines is 1. The average molecular weight is 304 g/mol. The number of carbonyl (C=O) groups excluding carboxylic acids is 1. The second-order valence-electron chi connectivity index (χ2n) is 4.85. The van der Waals surface area contributed by atoms with E-state index in [4.69, 9.17) is 10.5 Å². The average Bonchev–Trinajstić information content (AvgIpc) is 2.44. The van der Waals surface area contributed by atoms with Crippen molar-refractivity contribution in [2.45, 2.75) is 38.4 Å². The molecule has 21 heavy (non-hydrogen) atoms. The Morgan fingerprint density at radius 2 is 1.90 bits per heavy atom. The van der Waals surface area contributed by atoms with E-state index in [1.54, 1.807) is 0 Å². The van der Waals surface area contributed by atoms with Gasteiger partial charge in [-0.3, -0.25) is 5.32 Å². The highest BCUT2D eigenvalue weighted by Gasteiger charge is 2.30. The number of carbonyl (C=O) groups is 1. The van der Waals surface area contributed by atoms with Gasteiger partial charge in [0.25, 0.3) is 0 Å². The molecule has 0 aliphatic rings. The summed E-state index contributed by atoms with van der Waals surface area (Å²) in [6.45, 7) is 3.75. The molecule has 1 aromatic carbocycles. The fourth-order valence-electron chi connectivity index (χ4n) is 1.59. The predicted molar refractivity (Wildman–Crippen MR) is 73.9 cm³/mol. The molecule has 0 atom stereocenters. The quantitative estimate of drug-likeness (QED) is 0.870. The number of nitrogens with one attached hydrogen (secondary N) is 1. The van der Waals surface area contributed by atoms with Crippen LogP contribution in [0.3, 0.4) is 0 Å². The van der Waals surface area contributed by atoms with Gasteiger partial charge in [0.1, 0.15) is 6.61 Å². The summed E-state index contributed by atoms with van der Waals surface area (Å²) in [6.07, 6.45) is -4.04. The molecular formula is C14H19F3N2O2. The van der Waals surface area contributed by atoms with Crippen LogP contribution in [-0.2, 0) is 10.9 Å². The van der Waals surface area contributed by atoms with Crippen LogP contribution in [-0.4, -0.2) is 18.2 Å². The molecule has 7 heteroatoms. The monoisotopic (exact) mass is 304 g/mol. The summed E-state index contributed by atoms with van der Waals surface area (Å²) >= 11 is 0. The van der Waals surface area contributed by atoms with Crippen LogP contribution in [0.1, 0.15) is 32.3 Å². The fraction of sp³-hybridized carbons (Fsp3) is 0.500. The number of halogens is 3. The van der Waals surface area contributed by atoms with Gasteiger partial charge >= 0.3 is 12.3 Å². The van der Waals surface area contributed by atoms with Gasteiger partial charge in [0.2, 0.25) is 0 Å². The van der Waals surface area contributed by atoms with Crippen molar-refractivity contribution in [3.8, 4) is 0 Å². The van der Waals surface area contributed by atoms with Crippen LogP contribution < -0.4 is 11.1 Å². The summed E-state index contributed by atoms with van der Waals surface area (Å²) in [4.78, 5) is 11.6. The largest absolute Gasteiger partial charge is 0.447 e. The van der Waals surface area contributed by atoms with Crippen molar-refractivity contribution in [2.75, 3.05) is 11.9 Å². The van der Waals surface area contributed by atoms with Crippen LogP contribution >= 0.6 is 0 Å². The lowest BCUT2D eigenvalue weighted by Gasteiger charge is -2.25. The Morgan fingerprint density at radius 1 is 1.29 bits per heavy atom. The molecule has 0 unspecified atom stereocenters. The Bertz CT molecular complexity index is 485. The van der Waals surface area contributed by atoms with Crippen LogP contribution in [0.4, 0.5) is 23.7 Å². The number of hydrogen-bond donors (Lipinski definition) is 2. The maximum Gasteiger partial charge on any atom is 0.416 e. The Morgan fingerprint density at radius 3 is 2.43 bits per heavy atom. The molecule has 0 radical (unpaired) electrons. The zero-order valence-corrected chi connectivity index (χ0v) is 12.0. The van der Waals surface area contributed by atoms with Crippen LogP contribution in [0, 0.1) is 0 Å². The van der Waals surface area contributed by atoms with Gasteiger partial charge in [-0.15, -0.1) is 0 Å². The van der Waals surface area contributed by atoms with Crippen LogP contribution in [0.5, 0.6) is 0 Å². The SMILES string of the molecule is CCC(N)(CC)COC(=O)Nc1cccc(C(F)(F)F)c1. The van der Waals surface area contributed by atoms with Crippen molar-refractivity contribution >= 4 is 11.8 Å². The first-order chi connectivity index (χ1) is 9.70. The molecule has 1 amide bonds. The Kier molecular flexibility index (Phi) is 5.60. The third kappa shape index (κ3) is 5.26. The minimum Gasteiger partial charge on any atom is -0.447 e. The first kappa shape index (κ1) is 17.3. The van der Waals surface area contributed by atoms with Crippen LogP contribution in [0.15, 0.2) is 24.3 Å². The molecule has 0 aliphatic heterocycles. The van der Waals surface area contributed by atoms with E-state index in [0.717, 1.165) is 12.1 Å². The summed E-state index contributed by atoms with van der Waals surface area (Å²) in [5, 5.41) is 2.26. The molecule has 0 aromatic heterocycles. The van der Waals surface area contributed by atoms with Gasteiger partial charge in [0.15, 0.2) is 0 Å². The van der Waals surface area contributed by atoms with Crippen molar-refractivity contribution in [3.05, 3.63) is 29.8 Å². The zero-order chi connectivity index (χ0) is 16.1. The highest BCUT2D eigenvalue weighted by Crippen LogP contribution is 2.30. The summed E-state index contributed by atoms with van der Waals surface area (Å²) in [7, 11) is 0. The van der Waals surface area contributed by atoms with E-state index < -0.39 is 23.4 Å². The van der Waals surface area contributed by atoms with Crippen LogP contribution in [0.25, 0.3) is 0 Å². The molecule has 0 heterocycles. The highest BCUT2D eigenvalue weighted by atomic mass is 19.4. The summed E-state index contributed by atoms with van der Waals surface area (Å²) in [5.74, 6) is 0. The zero-order valence-electron chi connectivity index (χ0n) is 12.0. The molecule has 3 N–H and O–H groups in total. The second-order valence-corrected chi connectivity index (χ2v) is 4.85. The van der Waals surface area contributed by atoms with E-state index in [1.165, 1.54) is 12.1 Å². The van der Waals surface area contributed by atoms with Gasteiger partial charge < -0.3 is 10.5 Å². The lowest BCUT2D eigenvalue weighted by atomic mass is 9.96. The molecule has 0 saturated heterocycles. The lowest BCUT2D eigenvalue weighted by Crippen LogP contribution is -2.44. The summed E-state index contributed by atoms with van der Waals surface area (Å²) in [6, 6.07) is 4.34. The van der Waals surface area contributed by atoms with Gasteiger partial charge in [-0.25, -0.2) is 4.79 Å². The third-order valence-corrected chi connectivity index (χ3v) is 3.34. The van der Waals surface area contributed by atoms with Crippen molar-refractivity contribution in [3.63, 3.8) is 0 Å². The number of ether oxygens (including phenoxy) is 1. The minimum atomic E-state index is -4.46. The number of alkyl halides is 3. The molecule has 4 nitrogen and oxygen atoms in total. The predicted octanol–water partition coefficient (Wildman–Crippen LogP) is 3.77. The lowest BCUT2D eigenvalue weighted by molar-refractivity contribution is -0.137. The smallest absolute Gasteiger partial charge is 0.416 e. The van der Waals surface area contributed by atoms with E-state index in [0.29, 0.717) is 12.8 Å². The number of rotatable bonds is 5. The molecule has 0 aliphatic carbocycles. The topological polar surface area (TPSA) is 64.3 Å². The molecule has 0 fully saturated rings. The van der Waals surface area contributed by atoms with E-state index in [9.17, 15) is 18.0 Å². The first-order valence-corrected chi connectivity index (χ1v) is 6.60. The number of hydrogen-bond acceptors (Lipinski definition) is 3. The fourth-order valence-corrected chi connectivity index (χ4v) is 1.59. The normalized spacial score (nSPS) is 12.1. The molecule has 1 rings (SSSR count).